The second kappa shape index (κ2) is 7.84. The van der Waals surface area contributed by atoms with Gasteiger partial charge >= 0.3 is 0 Å². The fraction of sp³-hybridized carbons (Fsp3) is 0.368. The van der Waals surface area contributed by atoms with E-state index in [0.29, 0.717) is 5.92 Å². The van der Waals surface area contributed by atoms with Crippen molar-refractivity contribution in [3.05, 3.63) is 65.7 Å². The summed E-state index contributed by atoms with van der Waals surface area (Å²) in [5.41, 5.74) is 3.94. The second-order valence-corrected chi connectivity index (χ2v) is 6.03. The van der Waals surface area contributed by atoms with Gasteiger partial charge in [0.2, 0.25) is 0 Å². The minimum atomic E-state index is 0.698. The van der Waals surface area contributed by atoms with Gasteiger partial charge in [0.1, 0.15) is 0 Å². The SMILES string of the molecule is CC(C)CNCc1ccc(CN(C)c2ccccc2)cc1. The Balaban J connectivity index is 1.87. The first-order chi connectivity index (χ1) is 10.1. The number of rotatable bonds is 7. The topological polar surface area (TPSA) is 15.3 Å². The van der Waals surface area contributed by atoms with Crippen molar-refractivity contribution in [1.29, 1.82) is 0 Å². The molecule has 0 aromatic heterocycles. The molecule has 0 heterocycles. The first kappa shape index (κ1) is 15.6. The number of hydrogen-bond donors (Lipinski definition) is 1. The summed E-state index contributed by atoms with van der Waals surface area (Å²) in [7, 11) is 2.13. The lowest BCUT2D eigenvalue weighted by Gasteiger charge is -2.19. The van der Waals surface area contributed by atoms with E-state index in [1.54, 1.807) is 0 Å². The van der Waals surface area contributed by atoms with Crippen molar-refractivity contribution in [2.75, 3.05) is 18.5 Å². The lowest BCUT2D eigenvalue weighted by Crippen LogP contribution is -2.19. The fourth-order valence-electron chi connectivity index (χ4n) is 2.32. The van der Waals surface area contributed by atoms with Crippen LogP contribution in [0.1, 0.15) is 25.0 Å². The van der Waals surface area contributed by atoms with Crippen molar-refractivity contribution in [2.45, 2.75) is 26.9 Å². The Labute approximate surface area is 128 Å². The summed E-state index contributed by atoms with van der Waals surface area (Å²) in [6.07, 6.45) is 0. The summed E-state index contributed by atoms with van der Waals surface area (Å²) >= 11 is 0. The molecule has 2 aromatic carbocycles. The summed E-state index contributed by atoms with van der Waals surface area (Å²) in [4.78, 5) is 2.27. The summed E-state index contributed by atoms with van der Waals surface area (Å²) < 4.78 is 0. The third-order valence-corrected chi connectivity index (χ3v) is 3.52. The van der Waals surface area contributed by atoms with Gasteiger partial charge in [0.15, 0.2) is 0 Å². The van der Waals surface area contributed by atoms with Gasteiger partial charge in [0, 0.05) is 25.8 Å². The lowest BCUT2D eigenvalue weighted by molar-refractivity contribution is 0.552. The number of hydrogen-bond acceptors (Lipinski definition) is 2. The van der Waals surface area contributed by atoms with Gasteiger partial charge in [0.25, 0.3) is 0 Å². The average Bonchev–Trinajstić information content (AvgIpc) is 2.49. The van der Waals surface area contributed by atoms with Gasteiger partial charge in [0.05, 0.1) is 0 Å². The van der Waals surface area contributed by atoms with E-state index in [1.807, 2.05) is 0 Å². The molecule has 0 aliphatic heterocycles. The molecule has 0 aliphatic carbocycles. The standard InChI is InChI=1S/C19H26N2/c1-16(2)13-20-14-17-9-11-18(12-10-17)15-21(3)19-7-5-4-6-8-19/h4-12,16,20H,13-15H2,1-3H3. The van der Waals surface area contributed by atoms with Crippen LogP contribution < -0.4 is 10.2 Å². The zero-order valence-corrected chi connectivity index (χ0v) is 13.3. The normalized spacial score (nSPS) is 10.9. The predicted octanol–water partition coefficient (Wildman–Crippen LogP) is 4.07. The molecule has 0 spiro atoms. The van der Waals surface area contributed by atoms with Crippen LogP contribution in [0, 0.1) is 5.92 Å². The van der Waals surface area contributed by atoms with Crippen LogP contribution in [0.25, 0.3) is 0 Å². The van der Waals surface area contributed by atoms with E-state index in [9.17, 15) is 0 Å². The molecule has 0 aliphatic rings. The van der Waals surface area contributed by atoms with Crippen LogP contribution in [0.4, 0.5) is 5.69 Å². The van der Waals surface area contributed by atoms with Crippen molar-refractivity contribution in [2.24, 2.45) is 5.92 Å². The Morgan fingerprint density at radius 2 is 1.52 bits per heavy atom. The number of nitrogens with zero attached hydrogens (tertiary/aromatic N) is 1. The van der Waals surface area contributed by atoms with Crippen LogP contribution in [0.5, 0.6) is 0 Å². The highest BCUT2D eigenvalue weighted by Crippen LogP contribution is 2.15. The van der Waals surface area contributed by atoms with Crippen LogP contribution in [0.15, 0.2) is 54.6 Å². The van der Waals surface area contributed by atoms with Gasteiger partial charge in [-0.1, -0.05) is 56.3 Å². The third kappa shape index (κ3) is 5.24. The molecule has 0 saturated carbocycles. The van der Waals surface area contributed by atoms with E-state index in [0.717, 1.165) is 19.6 Å². The highest BCUT2D eigenvalue weighted by atomic mass is 15.1. The van der Waals surface area contributed by atoms with E-state index >= 15 is 0 Å². The monoisotopic (exact) mass is 282 g/mol. The van der Waals surface area contributed by atoms with Crippen molar-refractivity contribution in [1.82, 2.24) is 5.32 Å². The number of anilines is 1. The predicted molar refractivity (Wildman–Crippen MR) is 91.5 cm³/mol. The smallest absolute Gasteiger partial charge is 0.0426 e. The first-order valence-electron chi connectivity index (χ1n) is 7.70. The molecular formula is C19H26N2. The average molecular weight is 282 g/mol. The Morgan fingerprint density at radius 3 is 2.14 bits per heavy atom. The molecular weight excluding hydrogens is 256 g/mol. The maximum absolute atomic E-state index is 3.48. The number of nitrogens with one attached hydrogen (secondary N) is 1. The van der Waals surface area contributed by atoms with Gasteiger partial charge in [-0.2, -0.15) is 0 Å². The summed E-state index contributed by atoms with van der Waals surface area (Å²) in [6.45, 7) is 7.42. The Hall–Kier alpha value is -1.80. The number of benzene rings is 2. The van der Waals surface area contributed by atoms with Crippen LogP contribution >= 0.6 is 0 Å². The molecule has 0 bridgehead atoms. The van der Waals surface area contributed by atoms with E-state index in [1.165, 1.54) is 16.8 Å². The highest BCUT2D eigenvalue weighted by Gasteiger charge is 2.02. The van der Waals surface area contributed by atoms with Gasteiger partial charge in [-0.3, -0.25) is 0 Å². The van der Waals surface area contributed by atoms with Crippen LogP contribution in [-0.4, -0.2) is 13.6 Å². The summed E-state index contributed by atoms with van der Waals surface area (Å²) in [6, 6.07) is 19.4. The molecule has 2 heteroatoms. The number of para-hydroxylation sites is 1. The van der Waals surface area contributed by atoms with Crippen molar-refractivity contribution in [3.63, 3.8) is 0 Å². The zero-order chi connectivity index (χ0) is 15.1. The fourth-order valence-corrected chi connectivity index (χ4v) is 2.32. The molecule has 21 heavy (non-hydrogen) atoms. The first-order valence-corrected chi connectivity index (χ1v) is 7.70. The molecule has 112 valence electrons. The van der Waals surface area contributed by atoms with E-state index < -0.39 is 0 Å². The van der Waals surface area contributed by atoms with E-state index in [-0.39, 0.29) is 0 Å². The molecule has 0 saturated heterocycles. The maximum Gasteiger partial charge on any atom is 0.0426 e. The molecule has 0 amide bonds. The highest BCUT2D eigenvalue weighted by molar-refractivity contribution is 5.45. The summed E-state index contributed by atoms with van der Waals surface area (Å²) in [5.74, 6) is 0.698. The minimum Gasteiger partial charge on any atom is -0.370 e. The Bertz CT molecular complexity index is 517. The maximum atomic E-state index is 3.48. The zero-order valence-electron chi connectivity index (χ0n) is 13.3. The van der Waals surface area contributed by atoms with E-state index in [4.69, 9.17) is 0 Å². The third-order valence-electron chi connectivity index (χ3n) is 3.52. The molecule has 1 N–H and O–H groups in total. The lowest BCUT2D eigenvalue weighted by atomic mass is 10.1. The van der Waals surface area contributed by atoms with Gasteiger partial charge in [-0.15, -0.1) is 0 Å². The van der Waals surface area contributed by atoms with Gasteiger partial charge in [-0.05, 0) is 35.7 Å². The van der Waals surface area contributed by atoms with Crippen LogP contribution in [-0.2, 0) is 13.1 Å². The van der Waals surface area contributed by atoms with E-state index in [2.05, 4.69) is 85.7 Å². The minimum absolute atomic E-state index is 0.698. The van der Waals surface area contributed by atoms with Gasteiger partial charge < -0.3 is 10.2 Å². The molecule has 2 nitrogen and oxygen atoms in total. The molecule has 2 aromatic rings. The second-order valence-electron chi connectivity index (χ2n) is 6.03. The molecule has 2 rings (SSSR count). The van der Waals surface area contributed by atoms with Gasteiger partial charge in [-0.25, -0.2) is 0 Å². The van der Waals surface area contributed by atoms with Crippen LogP contribution in [0.2, 0.25) is 0 Å². The molecule has 0 radical (unpaired) electrons. The van der Waals surface area contributed by atoms with Crippen molar-refractivity contribution < 1.29 is 0 Å². The summed E-state index contributed by atoms with van der Waals surface area (Å²) in [5, 5.41) is 3.48. The largest absolute Gasteiger partial charge is 0.370 e. The molecule has 0 unspecified atom stereocenters. The Morgan fingerprint density at radius 1 is 0.905 bits per heavy atom. The Kier molecular flexibility index (Phi) is 5.82. The molecule has 0 atom stereocenters. The molecule has 0 fully saturated rings. The quantitative estimate of drug-likeness (QED) is 0.823. The van der Waals surface area contributed by atoms with Crippen molar-refractivity contribution in [3.8, 4) is 0 Å². The van der Waals surface area contributed by atoms with Crippen LogP contribution in [0.3, 0.4) is 0 Å². The van der Waals surface area contributed by atoms with Crippen molar-refractivity contribution >= 4 is 5.69 Å².